The molecule has 1 N–H and O–H groups in total. The number of hydrogen-bond donors (Lipinski definition) is 1. The van der Waals surface area contributed by atoms with E-state index in [4.69, 9.17) is 4.74 Å². The molecule has 1 atom stereocenters. The molecule has 17 heavy (non-hydrogen) atoms. The van der Waals surface area contributed by atoms with Crippen LogP contribution in [0.4, 0.5) is 4.39 Å². The van der Waals surface area contributed by atoms with E-state index in [2.05, 4.69) is 12.2 Å². The molecule has 0 radical (unpaired) electrons. The van der Waals surface area contributed by atoms with Gasteiger partial charge >= 0.3 is 0 Å². The van der Waals surface area contributed by atoms with Crippen molar-refractivity contribution in [3.05, 3.63) is 29.6 Å². The molecular formula is C14H22FNO. The van der Waals surface area contributed by atoms with Crippen molar-refractivity contribution in [2.75, 3.05) is 13.7 Å². The lowest BCUT2D eigenvalue weighted by Crippen LogP contribution is -2.24. The van der Waals surface area contributed by atoms with Gasteiger partial charge in [-0.3, -0.25) is 0 Å². The second-order valence-corrected chi connectivity index (χ2v) is 4.30. The Morgan fingerprint density at radius 1 is 1.41 bits per heavy atom. The van der Waals surface area contributed by atoms with Crippen molar-refractivity contribution >= 4 is 0 Å². The van der Waals surface area contributed by atoms with Crippen molar-refractivity contribution in [1.29, 1.82) is 0 Å². The fourth-order valence-electron chi connectivity index (χ4n) is 1.78. The van der Waals surface area contributed by atoms with E-state index >= 15 is 0 Å². The van der Waals surface area contributed by atoms with Crippen molar-refractivity contribution in [3.8, 4) is 5.75 Å². The Kier molecular flexibility index (Phi) is 5.98. The maximum absolute atomic E-state index is 13.0. The van der Waals surface area contributed by atoms with Crippen LogP contribution in [0.3, 0.4) is 0 Å². The van der Waals surface area contributed by atoms with Gasteiger partial charge in [0.25, 0.3) is 0 Å². The fraction of sp³-hybridized carbons (Fsp3) is 0.571. The number of benzene rings is 1. The molecule has 0 bridgehead atoms. The average Bonchev–Trinajstić information content (AvgIpc) is 2.34. The van der Waals surface area contributed by atoms with Gasteiger partial charge in [-0.05, 0) is 57.0 Å². The highest BCUT2D eigenvalue weighted by atomic mass is 19.1. The molecule has 96 valence electrons. The lowest BCUT2D eigenvalue weighted by Gasteiger charge is -2.13. The minimum atomic E-state index is -0.182. The molecule has 1 unspecified atom stereocenters. The Balaban J connectivity index is 2.28. The maximum atomic E-state index is 13.0. The van der Waals surface area contributed by atoms with E-state index in [-0.39, 0.29) is 5.82 Å². The number of aryl methyl sites for hydroxylation is 1. The van der Waals surface area contributed by atoms with Crippen LogP contribution in [0.1, 0.15) is 31.7 Å². The van der Waals surface area contributed by atoms with Crippen molar-refractivity contribution in [1.82, 2.24) is 5.32 Å². The number of hydrogen-bond acceptors (Lipinski definition) is 2. The van der Waals surface area contributed by atoms with E-state index in [9.17, 15) is 4.39 Å². The van der Waals surface area contributed by atoms with Gasteiger partial charge in [-0.2, -0.15) is 0 Å². The molecule has 0 heterocycles. The van der Waals surface area contributed by atoms with E-state index in [0.717, 1.165) is 25.0 Å². The fourth-order valence-corrected chi connectivity index (χ4v) is 1.78. The van der Waals surface area contributed by atoms with Crippen LogP contribution in [0.2, 0.25) is 0 Å². The van der Waals surface area contributed by atoms with Crippen molar-refractivity contribution in [2.24, 2.45) is 0 Å². The van der Waals surface area contributed by atoms with Gasteiger partial charge in [-0.25, -0.2) is 4.39 Å². The van der Waals surface area contributed by atoms with Gasteiger partial charge < -0.3 is 10.1 Å². The molecule has 0 spiro atoms. The predicted molar refractivity (Wildman–Crippen MR) is 69.0 cm³/mol. The zero-order valence-corrected chi connectivity index (χ0v) is 10.9. The largest absolute Gasteiger partial charge is 0.494 e. The Bertz CT molecular complexity index is 337. The highest BCUT2D eigenvalue weighted by Crippen LogP contribution is 2.16. The van der Waals surface area contributed by atoms with Gasteiger partial charge in [-0.15, -0.1) is 0 Å². The second-order valence-electron chi connectivity index (χ2n) is 4.30. The zero-order chi connectivity index (χ0) is 12.7. The molecular weight excluding hydrogens is 217 g/mol. The van der Waals surface area contributed by atoms with Gasteiger partial charge in [0.05, 0.1) is 6.61 Å². The molecule has 1 aromatic rings. The van der Waals surface area contributed by atoms with Crippen LogP contribution in [0.5, 0.6) is 5.75 Å². The number of halogens is 1. The molecule has 0 aliphatic rings. The minimum Gasteiger partial charge on any atom is -0.494 e. The summed E-state index contributed by atoms with van der Waals surface area (Å²) in [5.74, 6) is 0.569. The van der Waals surface area contributed by atoms with Gasteiger partial charge in [-0.1, -0.05) is 6.92 Å². The molecule has 3 heteroatoms. The molecule has 0 aromatic heterocycles. The van der Waals surface area contributed by atoms with E-state index in [1.54, 1.807) is 19.1 Å². The predicted octanol–water partition coefficient (Wildman–Crippen LogP) is 3.29. The minimum absolute atomic E-state index is 0.182. The summed E-state index contributed by atoms with van der Waals surface area (Å²) in [5, 5.41) is 3.26. The van der Waals surface area contributed by atoms with Gasteiger partial charge in [0.15, 0.2) is 0 Å². The molecule has 2 nitrogen and oxygen atoms in total. The highest BCUT2D eigenvalue weighted by molar-refractivity contribution is 5.28. The summed E-state index contributed by atoms with van der Waals surface area (Å²) in [5.41, 5.74) is 0.629. The van der Waals surface area contributed by atoms with Gasteiger partial charge in [0, 0.05) is 6.04 Å². The smallest absolute Gasteiger partial charge is 0.126 e. The standard InChI is InChI=1S/C14H22FNO/c1-4-12(16-3)6-5-9-17-13-7-8-14(15)11(2)10-13/h7-8,10,12,16H,4-6,9H2,1-3H3. The first kappa shape index (κ1) is 14.0. The molecule has 0 aliphatic heterocycles. The Morgan fingerprint density at radius 3 is 2.76 bits per heavy atom. The molecule has 0 saturated carbocycles. The van der Waals surface area contributed by atoms with E-state index in [0.29, 0.717) is 18.2 Å². The van der Waals surface area contributed by atoms with E-state index < -0.39 is 0 Å². The van der Waals surface area contributed by atoms with Crippen molar-refractivity contribution in [2.45, 2.75) is 39.2 Å². The Labute approximate surface area is 103 Å². The summed E-state index contributed by atoms with van der Waals surface area (Å²) < 4.78 is 18.6. The summed E-state index contributed by atoms with van der Waals surface area (Å²) in [6, 6.07) is 5.43. The summed E-state index contributed by atoms with van der Waals surface area (Å²) in [6.45, 7) is 4.60. The first-order valence-electron chi connectivity index (χ1n) is 6.23. The highest BCUT2D eigenvalue weighted by Gasteiger charge is 2.03. The van der Waals surface area contributed by atoms with Crippen LogP contribution in [0.25, 0.3) is 0 Å². The number of rotatable bonds is 7. The third-order valence-corrected chi connectivity index (χ3v) is 3.00. The van der Waals surface area contributed by atoms with Gasteiger partial charge in [0.1, 0.15) is 11.6 Å². The molecule has 0 saturated heterocycles. The van der Waals surface area contributed by atoms with Crippen molar-refractivity contribution < 1.29 is 9.13 Å². The maximum Gasteiger partial charge on any atom is 0.126 e. The lowest BCUT2D eigenvalue weighted by molar-refractivity contribution is 0.296. The number of nitrogens with one attached hydrogen (secondary N) is 1. The van der Waals surface area contributed by atoms with E-state index in [1.165, 1.54) is 6.07 Å². The second kappa shape index (κ2) is 7.28. The van der Waals surface area contributed by atoms with E-state index in [1.807, 2.05) is 7.05 Å². The molecule has 0 fully saturated rings. The average molecular weight is 239 g/mol. The van der Waals surface area contributed by atoms with Crippen LogP contribution < -0.4 is 10.1 Å². The van der Waals surface area contributed by atoms with Crippen LogP contribution in [0, 0.1) is 12.7 Å². The summed E-state index contributed by atoms with van der Waals surface area (Å²) >= 11 is 0. The summed E-state index contributed by atoms with van der Waals surface area (Å²) in [7, 11) is 1.98. The summed E-state index contributed by atoms with van der Waals surface area (Å²) in [6.07, 6.45) is 3.25. The first-order chi connectivity index (χ1) is 8.17. The van der Waals surface area contributed by atoms with Crippen LogP contribution >= 0.6 is 0 Å². The monoisotopic (exact) mass is 239 g/mol. The topological polar surface area (TPSA) is 21.3 Å². The lowest BCUT2D eigenvalue weighted by atomic mass is 10.1. The summed E-state index contributed by atoms with van der Waals surface area (Å²) in [4.78, 5) is 0. The van der Waals surface area contributed by atoms with Crippen molar-refractivity contribution in [3.63, 3.8) is 0 Å². The molecule has 0 amide bonds. The quantitative estimate of drug-likeness (QED) is 0.737. The molecule has 0 aliphatic carbocycles. The van der Waals surface area contributed by atoms with Crippen LogP contribution in [-0.2, 0) is 0 Å². The molecule has 1 rings (SSSR count). The molecule has 1 aromatic carbocycles. The van der Waals surface area contributed by atoms with Gasteiger partial charge in [0.2, 0.25) is 0 Å². The third kappa shape index (κ3) is 4.73. The number of ether oxygens (including phenoxy) is 1. The normalized spacial score (nSPS) is 12.5. The van der Waals surface area contributed by atoms with Crippen LogP contribution in [-0.4, -0.2) is 19.7 Å². The SMILES string of the molecule is CCC(CCCOc1ccc(F)c(C)c1)NC. The first-order valence-corrected chi connectivity index (χ1v) is 6.23. The third-order valence-electron chi connectivity index (χ3n) is 3.00. The Hall–Kier alpha value is -1.09. The zero-order valence-electron chi connectivity index (χ0n) is 10.9. The Morgan fingerprint density at radius 2 is 2.18 bits per heavy atom. The van der Waals surface area contributed by atoms with Crippen LogP contribution in [0.15, 0.2) is 18.2 Å².